The van der Waals surface area contributed by atoms with Gasteiger partial charge in [-0.15, -0.1) is 10.2 Å². The van der Waals surface area contributed by atoms with Crippen LogP contribution in [0, 0.1) is 0 Å². The van der Waals surface area contributed by atoms with Crippen LogP contribution in [0.1, 0.15) is 28.4 Å². The molecule has 0 bridgehead atoms. The lowest BCUT2D eigenvalue weighted by Crippen LogP contribution is -2.19. The number of benzene rings is 3. The van der Waals surface area contributed by atoms with E-state index in [-0.39, 0.29) is 5.91 Å². The minimum absolute atomic E-state index is 0.281. The van der Waals surface area contributed by atoms with Crippen molar-refractivity contribution in [2.24, 2.45) is 5.10 Å². The first kappa shape index (κ1) is 21.9. The first-order valence-electron chi connectivity index (χ1n) is 11.0. The zero-order valence-electron chi connectivity index (χ0n) is 19.0. The summed E-state index contributed by atoms with van der Waals surface area (Å²) in [5, 5.41) is 16.9. The van der Waals surface area contributed by atoms with Crippen LogP contribution in [0.25, 0.3) is 17.1 Å². The fraction of sp³-hybridized carbons (Fsp3) is 0.0769. The highest BCUT2D eigenvalue weighted by Crippen LogP contribution is 2.13. The number of carbonyl (C=O) groups excluding carboxylic acids is 1. The Balaban J connectivity index is 1.19. The average Bonchev–Trinajstić information content (AvgIpc) is 3.61. The van der Waals surface area contributed by atoms with E-state index in [1.54, 1.807) is 24.7 Å². The Bertz CT molecular complexity index is 1440. The summed E-state index contributed by atoms with van der Waals surface area (Å²) in [5.41, 5.74) is 7.63. The molecule has 35 heavy (non-hydrogen) atoms. The maximum Gasteiger partial charge on any atom is 0.271 e. The van der Waals surface area contributed by atoms with Crippen LogP contribution >= 0.6 is 0 Å². The van der Waals surface area contributed by atoms with Gasteiger partial charge in [-0.2, -0.15) is 9.90 Å². The number of hydrazone groups is 1. The predicted molar refractivity (Wildman–Crippen MR) is 132 cm³/mol. The number of nitrogens with zero attached hydrogens (tertiary/aromatic N) is 7. The molecule has 1 N–H and O–H groups in total. The summed E-state index contributed by atoms with van der Waals surface area (Å²) < 4.78 is 1.92. The monoisotopic (exact) mass is 462 g/mol. The van der Waals surface area contributed by atoms with E-state index >= 15 is 0 Å². The number of amides is 1. The van der Waals surface area contributed by atoms with Crippen LogP contribution in [0.2, 0.25) is 0 Å². The number of tetrazole rings is 1. The molecule has 0 aliphatic rings. The van der Waals surface area contributed by atoms with Crippen molar-refractivity contribution in [2.75, 3.05) is 0 Å². The van der Waals surface area contributed by atoms with Crippen molar-refractivity contribution in [2.45, 2.75) is 13.5 Å². The summed E-state index contributed by atoms with van der Waals surface area (Å²) in [7, 11) is 0. The Morgan fingerprint density at radius 1 is 0.943 bits per heavy atom. The van der Waals surface area contributed by atoms with Crippen LogP contribution in [0.3, 0.4) is 0 Å². The summed E-state index contributed by atoms with van der Waals surface area (Å²) in [5.74, 6) is 0.294. The highest BCUT2D eigenvalue weighted by molar-refractivity contribution is 6.01. The maximum absolute atomic E-state index is 12.6. The van der Waals surface area contributed by atoms with Gasteiger partial charge >= 0.3 is 0 Å². The average molecular weight is 463 g/mol. The molecule has 0 unspecified atom stereocenters. The Labute approximate surface area is 201 Å². The summed E-state index contributed by atoms with van der Waals surface area (Å²) >= 11 is 0. The highest BCUT2D eigenvalue weighted by Gasteiger charge is 2.08. The van der Waals surface area contributed by atoms with Crippen molar-refractivity contribution in [3.05, 3.63) is 114 Å². The van der Waals surface area contributed by atoms with Gasteiger partial charge in [-0.05, 0) is 47.5 Å². The van der Waals surface area contributed by atoms with Gasteiger partial charge in [-0.25, -0.2) is 10.4 Å². The van der Waals surface area contributed by atoms with Crippen molar-refractivity contribution < 1.29 is 4.79 Å². The molecule has 0 aliphatic heterocycles. The molecule has 5 aromatic rings. The van der Waals surface area contributed by atoms with E-state index < -0.39 is 0 Å². The predicted octanol–water partition coefficient (Wildman–Crippen LogP) is 3.73. The van der Waals surface area contributed by atoms with E-state index in [1.807, 2.05) is 84.4 Å². The molecule has 0 atom stereocenters. The van der Waals surface area contributed by atoms with Crippen molar-refractivity contribution in [1.29, 1.82) is 0 Å². The topological polar surface area (TPSA) is 103 Å². The third-order valence-corrected chi connectivity index (χ3v) is 5.44. The Morgan fingerprint density at radius 2 is 1.69 bits per heavy atom. The van der Waals surface area contributed by atoms with Gasteiger partial charge in [0.2, 0.25) is 5.82 Å². The van der Waals surface area contributed by atoms with Gasteiger partial charge in [0.1, 0.15) is 0 Å². The lowest BCUT2D eigenvalue weighted by molar-refractivity contribution is 0.0955. The van der Waals surface area contributed by atoms with Crippen molar-refractivity contribution in [3.63, 3.8) is 0 Å². The Hall–Kier alpha value is -4.92. The molecule has 0 radical (unpaired) electrons. The number of carbonyl (C=O) groups is 1. The number of nitrogens with one attached hydrogen (secondary N) is 1. The molecule has 0 saturated carbocycles. The number of rotatable bonds is 7. The van der Waals surface area contributed by atoms with Crippen LogP contribution in [-0.2, 0) is 6.54 Å². The first-order chi connectivity index (χ1) is 17.2. The minimum Gasteiger partial charge on any atom is -0.306 e. The fourth-order valence-corrected chi connectivity index (χ4v) is 3.49. The molecule has 0 aliphatic carbocycles. The standard InChI is InChI=1S/C26H22N8O/c1-19(21-11-13-24(14-12-21)33-16-15-27-18-33)28-30-26(35)23-9-7-20(8-10-23)17-34-31-25(29-32-34)22-5-3-2-4-6-22/h2-16,18H,17H2,1H3,(H,30,35)/b28-19-. The SMILES string of the molecule is C/C(=N/NC(=O)c1ccc(Cn2nnc(-c3ccccc3)n2)cc1)c1ccc(-n2ccnc2)cc1. The van der Waals surface area contributed by atoms with Gasteiger partial charge in [-0.1, -0.05) is 54.6 Å². The molecule has 2 heterocycles. The molecule has 0 saturated heterocycles. The van der Waals surface area contributed by atoms with Gasteiger partial charge in [0, 0.05) is 29.2 Å². The molecule has 2 aromatic heterocycles. The van der Waals surface area contributed by atoms with Gasteiger partial charge in [0.05, 0.1) is 18.6 Å². The zero-order chi connectivity index (χ0) is 24.0. The van der Waals surface area contributed by atoms with Crippen LogP contribution in [-0.4, -0.2) is 41.4 Å². The van der Waals surface area contributed by atoms with Crippen molar-refractivity contribution >= 4 is 11.6 Å². The second-order valence-electron chi connectivity index (χ2n) is 7.86. The molecule has 1 amide bonds. The zero-order valence-corrected chi connectivity index (χ0v) is 19.0. The van der Waals surface area contributed by atoms with Crippen molar-refractivity contribution in [3.8, 4) is 17.1 Å². The van der Waals surface area contributed by atoms with Gasteiger partial charge in [0.25, 0.3) is 5.91 Å². The molecule has 172 valence electrons. The summed E-state index contributed by atoms with van der Waals surface area (Å²) in [6.45, 7) is 2.30. The quantitative estimate of drug-likeness (QED) is 0.293. The van der Waals surface area contributed by atoms with Crippen LogP contribution in [0.15, 0.2) is 103 Å². The van der Waals surface area contributed by atoms with Crippen LogP contribution in [0.4, 0.5) is 0 Å². The van der Waals surface area contributed by atoms with Gasteiger partial charge < -0.3 is 4.57 Å². The van der Waals surface area contributed by atoms with Gasteiger partial charge in [0.15, 0.2) is 0 Å². The fourth-order valence-electron chi connectivity index (χ4n) is 3.49. The molecule has 5 rings (SSSR count). The maximum atomic E-state index is 12.6. The van der Waals surface area contributed by atoms with E-state index in [2.05, 4.69) is 30.9 Å². The van der Waals surface area contributed by atoms with Crippen LogP contribution < -0.4 is 5.43 Å². The third kappa shape index (κ3) is 5.19. The third-order valence-electron chi connectivity index (χ3n) is 5.44. The minimum atomic E-state index is -0.281. The smallest absolute Gasteiger partial charge is 0.271 e. The highest BCUT2D eigenvalue weighted by atomic mass is 16.2. The second-order valence-corrected chi connectivity index (χ2v) is 7.86. The van der Waals surface area contributed by atoms with Crippen LogP contribution in [0.5, 0.6) is 0 Å². The lowest BCUT2D eigenvalue weighted by Gasteiger charge is -2.06. The molecular formula is C26H22N8O. The Kier molecular flexibility index (Phi) is 6.21. The Morgan fingerprint density at radius 3 is 2.40 bits per heavy atom. The van der Waals surface area contributed by atoms with E-state index in [1.165, 1.54) is 4.80 Å². The summed E-state index contributed by atoms with van der Waals surface area (Å²) in [4.78, 5) is 18.1. The number of hydrogen-bond acceptors (Lipinski definition) is 6. The molecular weight excluding hydrogens is 440 g/mol. The molecule has 3 aromatic carbocycles. The number of aromatic nitrogens is 6. The normalized spacial score (nSPS) is 11.4. The first-order valence-corrected chi connectivity index (χ1v) is 11.0. The summed E-state index contributed by atoms with van der Waals surface area (Å²) in [6.07, 6.45) is 5.35. The van der Waals surface area contributed by atoms with E-state index in [0.29, 0.717) is 23.6 Å². The molecule has 9 nitrogen and oxygen atoms in total. The molecule has 9 heteroatoms. The van der Waals surface area contributed by atoms with E-state index in [9.17, 15) is 4.79 Å². The second kappa shape index (κ2) is 9.92. The molecule has 0 spiro atoms. The van der Waals surface area contributed by atoms with Gasteiger partial charge in [-0.3, -0.25) is 4.79 Å². The largest absolute Gasteiger partial charge is 0.306 e. The molecule has 0 fully saturated rings. The van der Waals surface area contributed by atoms with E-state index in [4.69, 9.17) is 0 Å². The number of imidazole rings is 1. The van der Waals surface area contributed by atoms with Crippen molar-refractivity contribution in [1.82, 2.24) is 35.2 Å². The summed E-state index contributed by atoms with van der Waals surface area (Å²) in [6, 6.07) is 24.8. The number of hydrogen-bond donors (Lipinski definition) is 1. The lowest BCUT2D eigenvalue weighted by atomic mass is 10.1. The van der Waals surface area contributed by atoms with E-state index in [0.717, 1.165) is 22.4 Å².